The molecule has 1 aliphatic rings. The van der Waals surface area contributed by atoms with Crippen LogP contribution in [0.25, 0.3) is 0 Å². The van der Waals surface area contributed by atoms with E-state index in [0.717, 1.165) is 25.1 Å². The molecule has 0 saturated carbocycles. The highest BCUT2D eigenvalue weighted by atomic mass is 16.2. The van der Waals surface area contributed by atoms with Crippen LogP contribution in [0.4, 0.5) is 0 Å². The van der Waals surface area contributed by atoms with Gasteiger partial charge in [-0.1, -0.05) is 12.1 Å². The van der Waals surface area contributed by atoms with Crippen LogP contribution in [0.1, 0.15) is 39.4 Å². The standard InChI is InChI=1S/C18H20N2O/c1-13-5-6-15(10-14(13)2)18(21)20-9-7-17(12-20)16-4-3-8-19-11-16/h3-6,8,10-11,17H,7,9,12H2,1-2H3. The maximum Gasteiger partial charge on any atom is 0.253 e. The topological polar surface area (TPSA) is 33.2 Å². The molecule has 1 aromatic carbocycles. The maximum absolute atomic E-state index is 12.6. The van der Waals surface area contributed by atoms with Gasteiger partial charge in [-0.15, -0.1) is 0 Å². The Kier molecular flexibility index (Phi) is 3.74. The van der Waals surface area contributed by atoms with Crippen LogP contribution in [0.15, 0.2) is 42.7 Å². The van der Waals surface area contributed by atoms with Gasteiger partial charge < -0.3 is 4.90 Å². The molecule has 0 radical (unpaired) electrons. The van der Waals surface area contributed by atoms with Crippen molar-refractivity contribution in [2.45, 2.75) is 26.2 Å². The van der Waals surface area contributed by atoms with Gasteiger partial charge in [0.15, 0.2) is 0 Å². The van der Waals surface area contributed by atoms with Gasteiger partial charge in [0.05, 0.1) is 0 Å². The zero-order valence-corrected chi connectivity index (χ0v) is 12.5. The number of hydrogen-bond acceptors (Lipinski definition) is 2. The summed E-state index contributed by atoms with van der Waals surface area (Å²) in [5, 5.41) is 0. The Morgan fingerprint density at radius 1 is 1.24 bits per heavy atom. The van der Waals surface area contributed by atoms with Crippen molar-refractivity contribution in [3.05, 3.63) is 65.0 Å². The molecule has 1 unspecified atom stereocenters. The second kappa shape index (κ2) is 5.68. The average molecular weight is 280 g/mol. The van der Waals surface area contributed by atoms with E-state index in [9.17, 15) is 4.79 Å². The third-order valence-electron chi connectivity index (χ3n) is 4.39. The quantitative estimate of drug-likeness (QED) is 0.845. The van der Waals surface area contributed by atoms with Gasteiger partial charge in [0.1, 0.15) is 0 Å². The second-order valence-corrected chi connectivity index (χ2v) is 5.82. The minimum atomic E-state index is 0.143. The molecule has 1 atom stereocenters. The van der Waals surface area contributed by atoms with Gasteiger partial charge in [0.25, 0.3) is 5.91 Å². The molecule has 1 aromatic heterocycles. The molecule has 2 heterocycles. The molecule has 0 N–H and O–H groups in total. The SMILES string of the molecule is Cc1ccc(C(=O)N2CCC(c3cccnc3)C2)cc1C. The predicted octanol–water partition coefficient (Wildman–Crippen LogP) is 3.33. The molecule has 21 heavy (non-hydrogen) atoms. The zero-order valence-electron chi connectivity index (χ0n) is 12.5. The van der Waals surface area contributed by atoms with Crippen molar-refractivity contribution in [3.8, 4) is 0 Å². The highest BCUT2D eigenvalue weighted by molar-refractivity contribution is 5.94. The molecule has 1 fully saturated rings. The van der Waals surface area contributed by atoms with Crippen molar-refractivity contribution < 1.29 is 4.79 Å². The van der Waals surface area contributed by atoms with E-state index in [1.807, 2.05) is 35.4 Å². The fraction of sp³-hybridized carbons (Fsp3) is 0.333. The van der Waals surface area contributed by atoms with E-state index in [4.69, 9.17) is 0 Å². The van der Waals surface area contributed by atoms with Crippen molar-refractivity contribution in [3.63, 3.8) is 0 Å². The number of pyridine rings is 1. The Hall–Kier alpha value is -2.16. The van der Waals surface area contributed by atoms with E-state index in [2.05, 4.69) is 24.9 Å². The lowest BCUT2D eigenvalue weighted by Crippen LogP contribution is -2.28. The van der Waals surface area contributed by atoms with Crippen LogP contribution >= 0.6 is 0 Å². The van der Waals surface area contributed by atoms with E-state index >= 15 is 0 Å². The van der Waals surface area contributed by atoms with E-state index < -0.39 is 0 Å². The molecule has 0 spiro atoms. The molecule has 0 aliphatic carbocycles. The van der Waals surface area contributed by atoms with Crippen LogP contribution in [-0.2, 0) is 0 Å². The summed E-state index contributed by atoms with van der Waals surface area (Å²) >= 11 is 0. The molecule has 1 aliphatic heterocycles. The lowest BCUT2D eigenvalue weighted by Gasteiger charge is -2.17. The van der Waals surface area contributed by atoms with Crippen molar-refractivity contribution >= 4 is 5.91 Å². The van der Waals surface area contributed by atoms with Crippen LogP contribution in [0.5, 0.6) is 0 Å². The van der Waals surface area contributed by atoms with E-state index in [0.29, 0.717) is 5.92 Å². The highest BCUT2D eigenvalue weighted by Gasteiger charge is 2.28. The van der Waals surface area contributed by atoms with Crippen LogP contribution in [0.3, 0.4) is 0 Å². The van der Waals surface area contributed by atoms with Gasteiger partial charge in [0.2, 0.25) is 0 Å². The number of amides is 1. The summed E-state index contributed by atoms with van der Waals surface area (Å²) in [6.45, 7) is 5.73. The number of carbonyl (C=O) groups excluding carboxylic acids is 1. The number of carbonyl (C=O) groups is 1. The number of rotatable bonds is 2. The number of hydrogen-bond donors (Lipinski definition) is 0. The van der Waals surface area contributed by atoms with Crippen molar-refractivity contribution in [2.24, 2.45) is 0 Å². The van der Waals surface area contributed by atoms with Gasteiger partial charge in [-0.3, -0.25) is 9.78 Å². The molecular formula is C18H20N2O. The normalized spacial score (nSPS) is 18.0. The smallest absolute Gasteiger partial charge is 0.253 e. The molecule has 1 saturated heterocycles. The molecule has 3 nitrogen and oxygen atoms in total. The first kappa shape index (κ1) is 13.8. The number of benzene rings is 1. The number of likely N-dealkylation sites (tertiary alicyclic amines) is 1. The summed E-state index contributed by atoms with van der Waals surface area (Å²) in [5.74, 6) is 0.554. The lowest BCUT2D eigenvalue weighted by atomic mass is 10.0. The van der Waals surface area contributed by atoms with E-state index in [1.165, 1.54) is 16.7 Å². The van der Waals surface area contributed by atoms with Gasteiger partial charge in [-0.05, 0) is 55.2 Å². The third kappa shape index (κ3) is 2.82. The molecule has 0 bridgehead atoms. The second-order valence-electron chi connectivity index (χ2n) is 5.82. The number of aryl methyl sites for hydroxylation is 2. The first-order valence-corrected chi connectivity index (χ1v) is 7.41. The largest absolute Gasteiger partial charge is 0.338 e. The Morgan fingerprint density at radius 2 is 2.10 bits per heavy atom. The number of nitrogens with zero attached hydrogens (tertiary/aromatic N) is 2. The molecular weight excluding hydrogens is 260 g/mol. The van der Waals surface area contributed by atoms with Gasteiger partial charge >= 0.3 is 0 Å². The van der Waals surface area contributed by atoms with Crippen molar-refractivity contribution in [2.75, 3.05) is 13.1 Å². The molecule has 3 rings (SSSR count). The molecule has 1 amide bonds. The van der Waals surface area contributed by atoms with Crippen LogP contribution < -0.4 is 0 Å². The Bertz CT molecular complexity index is 652. The highest BCUT2D eigenvalue weighted by Crippen LogP contribution is 2.27. The molecule has 2 aromatic rings. The van der Waals surface area contributed by atoms with Crippen LogP contribution in [0.2, 0.25) is 0 Å². The van der Waals surface area contributed by atoms with Gasteiger partial charge in [-0.25, -0.2) is 0 Å². The van der Waals surface area contributed by atoms with Crippen LogP contribution in [0, 0.1) is 13.8 Å². The maximum atomic E-state index is 12.6. The molecule has 108 valence electrons. The fourth-order valence-corrected chi connectivity index (χ4v) is 2.89. The Morgan fingerprint density at radius 3 is 2.81 bits per heavy atom. The fourth-order valence-electron chi connectivity index (χ4n) is 2.89. The summed E-state index contributed by atoms with van der Waals surface area (Å²) in [7, 11) is 0. The monoisotopic (exact) mass is 280 g/mol. The first-order valence-electron chi connectivity index (χ1n) is 7.41. The minimum Gasteiger partial charge on any atom is -0.338 e. The summed E-state index contributed by atoms with van der Waals surface area (Å²) in [6.07, 6.45) is 4.72. The van der Waals surface area contributed by atoms with Crippen molar-refractivity contribution in [1.82, 2.24) is 9.88 Å². The lowest BCUT2D eigenvalue weighted by molar-refractivity contribution is 0.0790. The molecule has 3 heteroatoms. The Balaban J connectivity index is 1.74. The van der Waals surface area contributed by atoms with Crippen LogP contribution in [-0.4, -0.2) is 28.9 Å². The summed E-state index contributed by atoms with van der Waals surface area (Å²) in [6, 6.07) is 10.0. The zero-order chi connectivity index (χ0) is 14.8. The van der Waals surface area contributed by atoms with Crippen molar-refractivity contribution in [1.29, 1.82) is 0 Å². The summed E-state index contributed by atoms with van der Waals surface area (Å²) in [4.78, 5) is 18.7. The summed E-state index contributed by atoms with van der Waals surface area (Å²) in [5.41, 5.74) is 4.42. The van der Waals surface area contributed by atoms with E-state index in [1.54, 1.807) is 6.20 Å². The predicted molar refractivity (Wildman–Crippen MR) is 83.4 cm³/mol. The van der Waals surface area contributed by atoms with Gasteiger partial charge in [0, 0.05) is 37.0 Å². The number of aromatic nitrogens is 1. The summed E-state index contributed by atoms with van der Waals surface area (Å²) < 4.78 is 0. The average Bonchev–Trinajstić information content (AvgIpc) is 3.00. The van der Waals surface area contributed by atoms with E-state index in [-0.39, 0.29) is 5.91 Å². The third-order valence-corrected chi connectivity index (χ3v) is 4.39. The minimum absolute atomic E-state index is 0.143. The van der Waals surface area contributed by atoms with Gasteiger partial charge in [-0.2, -0.15) is 0 Å². The Labute approximate surface area is 125 Å². The first-order chi connectivity index (χ1) is 10.1.